The second-order valence-corrected chi connectivity index (χ2v) is 5.64. The van der Waals surface area contributed by atoms with E-state index in [-0.39, 0.29) is 19.3 Å². The molecule has 1 aliphatic heterocycles. The summed E-state index contributed by atoms with van der Waals surface area (Å²) in [6.45, 7) is 1.73. The molecule has 2 rings (SSSR count). The molecule has 0 bridgehead atoms. The Morgan fingerprint density at radius 2 is 2.14 bits per heavy atom. The number of fused-ring (bicyclic) bond motifs is 1. The predicted molar refractivity (Wildman–Crippen MR) is 71.5 cm³/mol. The van der Waals surface area contributed by atoms with Gasteiger partial charge in [-0.25, -0.2) is 0 Å². The molecule has 1 aliphatic rings. The van der Waals surface area contributed by atoms with E-state index in [1.54, 1.807) is 25.1 Å². The average Bonchev–Trinajstić information content (AvgIpc) is 2.35. The van der Waals surface area contributed by atoms with E-state index < -0.39 is 24.3 Å². The minimum atomic E-state index is -4.16. The van der Waals surface area contributed by atoms with Crippen LogP contribution in [-0.4, -0.2) is 24.0 Å². The molecule has 3 nitrogen and oxygen atoms in total. The van der Waals surface area contributed by atoms with Gasteiger partial charge in [0.25, 0.3) is 0 Å². The Bertz CT molecular complexity index is 501. The SMILES string of the molecule is COc1ccc2c(c1)OC(C)(CCCC(F)(F)F)C[C@@H]2O. The number of hydrogen-bond acceptors (Lipinski definition) is 3. The second kappa shape index (κ2) is 5.75. The van der Waals surface area contributed by atoms with Crippen molar-refractivity contribution >= 4 is 0 Å². The van der Waals surface area contributed by atoms with Crippen LogP contribution in [0.2, 0.25) is 0 Å². The standard InChI is InChI=1S/C15H19F3O3/c1-14(6-3-7-15(16,17)18)9-12(19)11-5-4-10(20-2)8-13(11)21-14/h4-5,8,12,19H,3,6-7,9H2,1-2H3/t12-,14?/m0/s1. The lowest BCUT2D eigenvalue weighted by Gasteiger charge is -2.38. The summed E-state index contributed by atoms with van der Waals surface area (Å²) in [6.07, 6.45) is -5.25. The summed E-state index contributed by atoms with van der Waals surface area (Å²) in [5.41, 5.74) is -0.159. The van der Waals surface area contributed by atoms with Gasteiger partial charge in [-0.15, -0.1) is 0 Å². The molecule has 0 fully saturated rings. The van der Waals surface area contributed by atoms with E-state index in [0.29, 0.717) is 17.1 Å². The molecule has 0 saturated carbocycles. The number of hydrogen-bond donors (Lipinski definition) is 1. The number of benzene rings is 1. The molecular formula is C15H19F3O3. The summed E-state index contributed by atoms with van der Waals surface area (Å²) in [6, 6.07) is 5.09. The van der Waals surface area contributed by atoms with Crippen molar-refractivity contribution < 1.29 is 27.8 Å². The number of alkyl halides is 3. The van der Waals surface area contributed by atoms with Crippen molar-refractivity contribution in [2.45, 2.75) is 50.5 Å². The fourth-order valence-electron chi connectivity index (χ4n) is 2.65. The average molecular weight is 304 g/mol. The van der Waals surface area contributed by atoms with Gasteiger partial charge in [0, 0.05) is 24.5 Å². The van der Waals surface area contributed by atoms with E-state index in [0.717, 1.165) is 0 Å². The van der Waals surface area contributed by atoms with Crippen LogP contribution in [0.5, 0.6) is 11.5 Å². The molecule has 0 spiro atoms. The van der Waals surface area contributed by atoms with Gasteiger partial charge in [-0.1, -0.05) is 0 Å². The quantitative estimate of drug-likeness (QED) is 0.913. The van der Waals surface area contributed by atoms with Crippen LogP contribution in [0.3, 0.4) is 0 Å². The van der Waals surface area contributed by atoms with Crippen LogP contribution in [0.25, 0.3) is 0 Å². The number of rotatable bonds is 4. The molecule has 118 valence electrons. The van der Waals surface area contributed by atoms with Crippen LogP contribution in [0.4, 0.5) is 13.2 Å². The van der Waals surface area contributed by atoms with E-state index in [2.05, 4.69) is 0 Å². The molecule has 0 aromatic heterocycles. The normalized spacial score (nSPS) is 25.1. The highest BCUT2D eigenvalue weighted by molar-refractivity contribution is 5.43. The minimum Gasteiger partial charge on any atom is -0.497 e. The summed E-state index contributed by atoms with van der Waals surface area (Å²) in [5.74, 6) is 1.06. The van der Waals surface area contributed by atoms with Crippen LogP contribution in [0.15, 0.2) is 18.2 Å². The van der Waals surface area contributed by atoms with Crippen molar-refractivity contribution in [3.8, 4) is 11.5 Å². The van der Waals surface area contributed by atoms with Crippen LogP contribution < -0.4 is 9.47 Å². The number of ether oxygens (including phenoxy) is 2. The summed E-state index contributed by atoms with van der Waals surface area (Å²) in [5, 5.41) is 10.2. The largest absolute Gasteiger partial charge is 0.497 e. The summed E-state index contributed by atoms with van der Waals surface area (Å²) in [4.78, 5) is 0. The fourth-order valence-corrected chi connectivity index (χ4v) is 2.65. The monoisotopic (exact) mass is 304 g/mol. The lowest BCUT2D eigenvalue weighted by atomic mass is 9.86. The van der Waals surface area contributed by atoms with Gasteiger partial charge in [0.1, 0.15) is 17.1 Å². The maximum Gasteiger partial charge on any atom is 0.389 e. The predicted octanol–water partition coefficient (Wildman–Crippen LogP) is 4.00. The highest BCUT2D eigenvalue weighted by atomic mass is 19.4. The molecule has 0 radical (unpaired) electrons. The fraction of sp³-hybridized carbons (Fsp3) is 0.600. The van der Waals surface area contributed by atoms with E-state index in [4.69, 9.17) is 9.47 Å². The second-order valence-electron chi connectivity index (χ2n) is 5.64. The van der Waals surface area contributed by atoms with E-state index in [9.17, 15) is 18.3 Å². The molecule has 1 N–H and O–H groups in total. The molecule has 0 saturated heterocycles. The topological polar surface area (TPSA) is 38.7 Å². The van der Waals surface area contributed by atoms with Gasteiger partial charge in [0.05, 0.1) is 13.2 Å². The first kappa shape index (κ1) is 15.9. The lowest BCUT2D eigenvalue weighted by Crippen LogP contribution is -2.38. The molecule has 0 aliphatic carbocycles. The third-order valence-electron chi connectivity index (χ3n) is 3.73. The van der Waals surface area contributed by atoms with Gasteiger partial charge in [0.2, 0.25) is 0 Å². The van der Waals surface area contributed by atoms with Crippen molar-refractivity contribution in [3.63, 3.8) is 0 Å². The molecule has 1 unspecified atom stereocenters. The molecule has 1 aromatic rings. The first-order valence-corrected chi connectivity index (χ1v) is 6.84. The first-order valence-electron chi connectivity index (χ1n) is 6.84. The van der Waals surface area contributed by atoms with Gasteiger partial charge < -0.3 is 14.6 Å². The van der Waals surface area contributed by atoms with Gasteiger partial charge in [-0.3, -0.25) is 0 Å². The number of aliphatic hydroxyl groups excluding tert-OH is 1. The summed E-state index contributed by atoms with van der Waals surface area (Å²) < 4.78 is 47.7. The number of aliphatic hydroxyl groups is 1. The Kier molecular flexibility index (Phi) is 4.37. The molecule has 21 heavy (non-hydrogen) atoms. The minimum absolute atomic E-state index is 0.0218. The van der Waals surface area contributed by atoms with Crippen LogP contribution in [0.1, 0.15) is 44.3 Å². The Labute approximate surface area is 121 Å². The molecule has 1 heterocycles. The number of methoxy groups -OCH3 is 1. The Morgan fingerprint density at radius 1 is 1.43 bits per heavy atom. The van der Waals surface area contributed by atoms with Crippen LogP contribution in [0, 0.1) is 0 Å². The van der Waals surface area contributed by atoms with Crippen molar-refractivity contribution in [3.05, 3.63) is 23.8 Å². The van der Waals surface area contributed by atoms with E-state index in [1.165, 1.54) is 7.11 Å². The van der Waals surface area contributed by atoms with Gasteiger partial charge in [-0.2, -0.15) is 13.2 Å². The summed E-state index contributed by atoms with van der Waals surface area (Å²) >= 11 is 0. The van der Waals surface area contributed by atoms with Crippen molar-refractivity contribution in [2.24, 2.45) is 0 Å². The van der Waals surface area contributed by atoms with Crippen molar-refractivity contribution in [1.29, 1.82) is 0 Å². The first-order chi connectivity index (χ1) is 9.72. The molecule has 2 atom stereocenters. The summed E-state index contributed by atoms with van der Waals surface area (Å²) in [7, 11) is 1.52. The highest BCUT2D eigenvalue weighted by Gasteiger charge is 2.37. The van der Waals surface area contributed by atoms with Crippen molar-refractivity contribution in [1.82, 2.24) is 0 Å². The Hall–Kier alpha value is -1.43. The Morgan fingerprint density at radius 3 is 2.76 bits per heavy atom. The zero-order valence-corrected chi connectivity index (χ0v) is 12.0. The molecular weight excluding hydrogens is 285 g/mol. The highest BCUT2D eigenvalue weighted by Crippen LogP contribution is 2.43. The molecule has 0 amide bonds. The third-order valence-corrected chi connectivity index (χ3v) is 3.73. The Balaban J connectivity index is 2.10. The van der Waals surface area contributed by atoms with Crippen LogP contribution in [-0.2, 0) is 0 Å². The zero-order chi connectivity index (χ0) is 15.7. The number of halogens is 3. The van der Waals surface area contributed by atoms with Gasteiger partial charge in [0.15, 0.2) is 0 Å². The van der Waals surface area contributed by atoms with Gasteiger partial charge >= 0.3 is 6.18 Å². The van der Waals surface area contributed by atoms with Gasteiger partial charge in [-0.05, 0) is 31.9 Å². The maximum absolute atomic E-state index is 12.2. The molecule has 6 heteroatoms. The van der Waals surface area contributed by atoms with Crippen LogP contribution >= 0.6 is 0 Å². The zero-order valence-electron chi connectivity index (χ0n) is 12.0. The lowest BCUT2D eigenvalue weighted by molar-refractivity contribution is -0.138. The van der Waals surface area contributed by atoms with E-state index in [1.807, 2.05) is 0 Å². The van der Waals surface area contributed by atoms with E-state index >= 15 is 0 Å². The molecule has 1 aromatic carbocycles. The smallest absolute Gasteiger partial charge is 0.389 e. The third kappa shape index (κ3) is 4.03. The van der Waals surface area contributed by atoms with Crippen molar-refractivity contribution in [2.75, 3.05) is 7.11 Å². The maximum atomic E-state index is 12.2.